The maximum Gasteiger partial charge on any atom is 0.308 e. The Morgan fingerprint density at radius 3 is 2.80 bits per heavy atom. The van der Waals surface area contributed by atoms with Gasteiger partial charge in [0.1, 0.15) is 0 Å². The highest BCUT2D eigenvalue weighted by Gasteiger charge is 2.26. The Morgan fingerprint density at radius 1 is 1.30 bits per heavy atom. The highest BCUT2D eigenvalue weighted by molar-refractivity contribution is 5.91. The van der Waals surface area contributed by atoms with Crippen LogP contribution in [0, 0.1) is 5.92 Å². The van der Waals surface area contributed by atoms with Gasteiger partial charge in [0.05, 0.1) is 19.2 Å². The Kier molecular flexibility index (Phi) is 3.50. The van der Waals surface area contributed by atoms with Crippen LogP contribution in [0.2, 0.25) is 0 Å². The number of carbonyl (C=O) groups is 1. The lowest BCUT2D eigenvalue weighted by Gasteiger charge is -2.31. The zero-order valence-corrected chi connectivity index (χ0v) is 11.5. The molecule has 1 fully saturated rings. The fourth-order valence-electron chi connectivity index (χ4n) is 2.74. The third-order valence-corrected chi connectivity index (χ3v) is 3.88. The van der Waals surface area contributed by atoms with Crippen molar-refractivity contribution in [2.45, 2.75) is 12.8 Å². The topological polar surface area (TPSA) is 55.3 Å². The molecule has 0 bridgehead atoms. The standard InChI is InChI=1S/C15H17N3O2/c1-20-15(19)11-6-8-18(9-7-11)14-13-5-3-2-4-12(13)10-16-17-14/h2-5,10-11H,6-9H2,1H3. The fourth-order valence-corrected chi connectivity index (χ4v) is 2.74. The molecule has 104 valence electrons. The summed E-state index contributed by atoms with van der Waals surface area (Å²) in [6.07, 6.45) is 3.38. The molecule has 1 aromatic carbocycles. The number of hydrogen-bond acceptors (Lipinski definition) is 5. The van der Waals surface area contributed by atoms with E-state index < -0.39 is 0 Å². The molecule has 0 unspecified atom stereocenters. The van der Waals surface area contributed by atoms with Crippen molar-refractivity contribution in [3.05, 3.63) is 30.5 Å². The van der Waals surface area contributed by atoms with Crippen LogP contribution < -0.4 is 4.90 Å². The maximum absolute atomic E-state index is 11.6. The quantitative estimate of drug-likeness (QED) is 0.782. The zero-order valence-electron chi connectivity index (χ0n) is 11.5. The maximum atomic E-state index is 11.6. The number of aromatic nitrogens is 2. The number of piperidine rings is 1. The first-order valence-electron chi connectivity index (χ1n) is 6.83. The van der Waals surface area contributed by atoms with Gasteiger partial charge in [0.2, 0.25) is 0 Å². The van der Waals surface area contributed by atoms with E-state index in [9.17, 15) is 4.79 Å². The minimum Gasteiger partial charge on any atom is -0.469 e. The molecule has 0 spiro atoms. The normalized spacial score (nSPS) is 16.4. The highest BCUT2D eigenvalue weighted by Crippen LogP contribution is 2.27. The molecular weight excluding hydrogens is 254 g/mol. The SMILES string of the molecule is COC(=O)C1CCN(c2nncc3ccccc23)CC1. The molecule has 1 aliphatic rings. The van der Waals surface area contributed by atoms with Crippen LogP contribution in [0.1, 0.15) is 12.8 Å². The first-order valence-corrected chi connectivity index (χ1v) is 6.83. The van der Waals surface area contributed by atoms with E-state index >= 15 is 0 Å². The molecular formula is C15H17N3O2. The summed E-state index contributed by atoms with van der Waals surface area (Å²) >= 11 is 0. The summed E-state index contributed by atoms with van der Waals surface area (Å²) in [4.78, 5) is 13.8. The highest BCUT2D eigenvalue weighted by atomic mass is 16.5. The van der Waals surface area contributed by atoms with Crippen LogP contribution in [0.25, 0.3) is 10.8 Å². The molecule has 0 atom stereocenters. The summed E-state index contributed by atoms with van der Waals surface area (Å²) in [7, 11) is 1.45. The average Bonchev–Trinajstić information content (AvgIpc) is 2.54. The number of rotatable bonds is 2. The number of anilines is 1. The van der Waals surface area contributed by atoms with Gasteiger partial charge in [-0.1, -0.05) is 24.3 Å². The van der Waals surface area contributed by atoms with Crippen molar-refractivity contribution in [1.29, 1.82) is 0 Å². The molecule has 0 radical (unpaired) electrons. The molecule has 0 aliphatic carbocycles. The van der Waals surface area contributed by atoms with Gasteiger partial charge in [-0.25, -0.2) is 0 Å². The number of esters is 1. The summed E-state index contributed by atoms with van der Waals surface area (Å²) < 4.78 is 4.82. The van der Waals surface area contributed by atoms with E-state index in [-0.39, 0.29) is 11.9 Å². The predicted molar refractivity (Wildman–Crippen MR) is 76.5 cm³/mol. The minimum atomic E-state index is -0.103. The lowest BCUT2D eigenvalue weighted by atomic mass is 9.97. The Bertz CT molecular complexity index is 616. The van der Waals surface area contributed by atoms with Crippen molar-refractivity contribution in [2.75, 3.05) is 25.1 Å². The second-order valence-electron chi connectivity index (χ2n) is 5.04. The largest absolute Gasteiger partial charge is 0.469 e. The van der Waals surface area contributed by atoms with E-state index in [2.05, 4.69) is 21.2 Å². The van der Waals surface area contributed by atoms with Gasteiger partial charge in [0.25, 0.3) is 0 Å². The molecule has 2 heterocycles. The number of ether oxygens (including phenoxy) is 1. The van der Waals surface area contributed by atoms with Crippen LogP contribution in [0.5, 0.6) is 0 Å². The van der Waals surface area contributed by atoms with Crippen molar-refractivity contribution >= 4 is 22.6 Å². The number of fused-ring (bicyclic) bond motifs is 1. The Labute approximate surface area is 117 Å². The monoisotopic (exact) mass is 271 g/mol. The van der Waals surface area contributed by atoms with Crippen molar-refractivity contribution < 1.29 is 9.53 Å². The Morgan fingerprint density at radius 2 is 2.05 bits per heavy atom. The van der Waals surface area contributed by atoms with Crippen LogP contribution in [0.15, 0.2) is 30.5 Å². The van der Waals surface area contributed by atoms with Crippen LogP contribution in [-0.4, -0.2) is 36.4 Å². The second kappa shape index (κ2) is 5.45. The minimum absolute atomic E-state index is 0.0131. The van der Waals surface area contributed by atoms with Gasteiger partial charge in [0, 0.05) is 23.9 Å². The average molecular weight is 271 g/mol. The van der Waals surface area contributed by atoms with Crippen molar-refractivity contribution in [1.82, 2.24) is 10.2 Å². The van der Waals surface area contributed by atoms with Crippen LogP contribution in [-0.2, 0) is 9.53 Å². The second-order valence-corrected chi connectivity index (χ2v) is 5.04. The Balaban J connectivity index is 1.82. The summed E-state index contributed by atoms with van der Waals surface area (Å²) in [5.74, 6) is 0.819. The third kappa shape index (κ3) is 2.31. The first kappa shape index (κ1) is 12.8. The first-order chi connectivity index (χ1) is 9.79. The third-order valence-electron chi connectivity index (χ3n) is 3.88. The molecule has 5 nitrogen and oxygen atoms in total. The van der Waals surface area contributed by atoms with E-state index in [1.807, 2.05) is 18.2 Å². The molecule has 0 N–H and O–H groups in total. The van der Waals surface area contributed by atoms with E-state index in [0.29, 0.717) is 0 Å². The molecule has 0 saturated carbocycles. The molecule has 20 heavy (non-hydrogen) atoms. The molecule has 5 heteroatoms. The number of benzene rings is 1. The van der Waals surface area contributed by atoms with Crippen LogP contribution in [0.4, 0.5) is 5.82 Å². The summed E-state index contributed by atoms with van der Waals surface area (Å²) in [6.45, 7) is 1.62. The van der Waals surface area contributed by atoms with Gasteiger partial charge >= 0.3 is 5.97 Å². The molecule has 1 aliphatic heterocycles. The van der Waals surface area contributed by atoms with E-state index in [1.54, 1.807) is 6.20 Å². The van der Waals surface area contributed by atoms with Gasteiger partial charge in [0.15, 0.2) is 5.82 Å². The van der Waals surface area contributed by atoms with Gasteiger partial charge in [-0.3, -0.25) is 4.79 Å². The molecule has 1 aromatic heterocycles. The van der Waals surface area contributed by atoms with E-state index in [4.69, 9.17) is 4.74 Å². The van der Waals surface area contributed by atoms with Crippen LogP contribution in [0.3, 0.4) is 0 Å². The molecule has 2 aromatic rings. The molecule has 3 rings (SSSR count). The van der Waals surface area contributed by atoms with Crippen LogP contribution >= 0.6 is 0 Å². The summed E-state index contributed by atoms with van der Waals surface area (Å²) in [5, 5.41) is 10.6. The number of hydrogen-bond donors (Lipinski definition) is 0. The predicted octanol–water partition coefficient (Wildman–Crippen LogP) is 2.02. The van der Waals surface area contributed by atoms with E-state index in [1.165, 1.54) is 7.11 Å². The van der Waals surface area contributed by atoms with E-state index in [0.717, 1.165) is 42.5 Å². The van der Waals surface area contributed by atoms with Crippen molar-refractivity contribution in [3.63, 3.8) is 0 Å². The Hall–Kier alpha value is -2.17. The smallest absolute Gasteiger partial charge is 0.308 e. The lowest BCUT2D eigenvalue weighted by Crippen LogP contribution is -2.37. The van der Waals surface area contributed by atoms with Gasteiger partial charge in [-0.2, -0.15) is 5.10 Å². The van der Waals surface area contributed by atoms with Gasteiger partial charge in [-0.15, -0.1) is 5.10 Å². The zero-order chi connectivity index (χ0) is 13.9. The number of carbonyl (C=O) groups excluding carboxylic acids is 1. The molecule has 0 amide bonds. The summed E-state index contributed by atoms with van der Waals surface area (Å²) in [6, 6.07) is 8.10. The number of nitrogens with zero attached hydrogens (tertiary/aromatic N) is 3. The van der Waals surface area contributed by atoms with Gasteiger partial charge < -0.3 is 9.64 Å². The van der Waals surface area contributed by atoms with Crippen molar-refractivity contribution in [3.8, 4) is 0 Å². The number of methoxy groups -OCH3 is 1. The lowest BCUT2D eigenvalue weighted by molar-refractivity contribution is -0.146. The molecule has 1 saturated heterocycles. The fraction of sp³-hybridized carbons (Fsp3) is 0.400. The van der Waals surface area contributed by atoms with Gasteiger partial charge in [-0.05, 0) is 12.8 Å². The summed E-state index contributed by atoms with van der Waals surface area (Å²) in [5.41, 5.74) is 0. The van der Waals surface area contributed by atoms with Crippen molar-refractivity contribution in [2.24, 2.45) is 5.92 Å².